The van der Waals surface area contributed by atoms with Crippen molar-refractivity contribution in [2.75, 3.05) is 0 Å². The minimum atomic E-state index is -0.275. The van der Waals surface area contributed by atoms with Crippen LogP contribution in [0, 0.1) is 6.92 Å². The molecule has 0 amide bonds. The summed E-state index contributed by atoms with van der Waals surface area (Å²) >= 11 is 0. The zero-order chi connectivity index (χ0) is 12.7. The molecular formula is C12H19BN2O2. The lowest BCUT2D eigenvalue weighted by Gasteiger charge is -2.32. The molecule has 0 radical (unpaired) electrons. The van der Waals surface area contributed by atoms with E-state index >= 15 is 0 Å². The number of aromatic nitrogens is 2. The first-order valence-electron chi connectivity index (χ1n) is 5.93. The van der Waals surface area contributed by atoms with Gasteiger partial charge in [0.1, 0.15) is 5.82 Å². The molecule has 5 heteroatoms. The lowest BCUT2D eigenvalue weighted by Crippen LogP contribution is -2.41. The molecule has 92 valence electrons. The van der Waals surface area contributed by atoms with Gasteiger partial charge in [0.2, 0.25) is 0 Å². The summed E-state index contributed by atoms with van der Waals surface area (Å²) in [5.41, 5.74) is 0.487. The fourth-order valence-corrected chi connectivity index (χ4v) is 1.77. The van der Waals surface area contributed by atoms with Gasteiger partial charge in [0.25, 0.3) is 0 Å². The van der Waals surface area contributed by atoms with Gasteiger partial charge in [0.15, 0.2) is 0 Å². The molecule has 1 aromatic rings. The summed E-state index contributed by atoms with van der Waals surface area (Å²) in [6, 6.07) is 0. The molecule has 1 saturated heterocycles. The van der Waals surface area contributed by atoms with Crippen LogP contribution in [0.15, 0.2) is 12.4 Å². The first kappa shape index (κ1) is 12.5. The summed E-state index contributed by atoms with van der Waals surface area (Å²) < 4.78 is 11.8. The number of nitrogens with zero attached hydrogens (tertiary/aromatic N) is 2. The summed E-state index contributed by atoms with van der Waals surface area (Å²) in [6.07, 6.45) is 4.34. The molecule has 17 heavy (non-hydrogen) atoms. The highest BCUT2D eigenvalue weighted by Crippen LogP contribution is 2.37. The fourth-order valence-electron chi connectivity index (χ4n) is 1.77. The molecule has 0 bridgehead atoms. The van der Waals surface area contributed by atoms with Crippen molar-refractivity contribution in [1.29, 1.82) is 0 Å². The maximum absolute atomic E-state index is 5.92. The van der Waals surface area contributed by atoms with Crippen molar-refractivity contribution in [3.05, 3.63) is 23.8 Å². The smallest absolute Gasteiger partial charge is 0.403 e. The summed E-state index contributed by atoms with van der Waals surface area (Å²) in [5.74, 6) is 0.780. The maximum atomic E-state index is 5.92. The van der Waals surface area contributed by atoms with Gasteiger partial charge in [-0.15, -0.1) is 0 Å². The number of rotatable bonds is 2. The average Bonchev–Trinajstić information content (AvgIpc) is 2.39. The van der Waals surface area contributed by atoms with Gasteiger partial charge in [0.05, 0.1) is 11.2 Å². The molecule has 0 unspecified atom stereocenters. The average molecular weight is 234 g/mol. The second kappa shape index (κ2) is 4.07. The van der Waals surface area contributed by atoms with E-state index in [1.807, 2.05) is 19.3 Å². The highest BCUT2D eigenvalue weighted by Gasteiger charge is 2.50. The van der Waals surface area contributed by atoms with Crippen molar-refractivity contribution in [1.82, 2.24) is 9.97 Å². The van der Waals surface area contributed by atoms with Gasteiger partial charge in [-0.05, 0) is 40.2 Å². The second-order valence-electron chi connectivity index (χ2n) is 5.53. The molecule has 1 fully saturated rings. The van der Waals surface area contributed by atoms with Crippen LogP contribution in [0.25, 0.3) is 0 Å². The molecule has 0 N–H and O–H groups in total. The molecule has 0 aromatic carbocycles. The monoisotopic (exact) mass is 234 g/mol. The van der Waals surface area contributed by atoms with E-state index in [-0.39, 0.29) is 18.3 Å². The van der Waals surface area contributed by atoms with Crippen LogP contribution in [0.5, 0.6) is 0 Å². The molecule has 0 saturated carbocycles. The van der Waals surface area contributed by atoms with Gasteiger partial charge in [0, 0.05) is 18.7 Å². The first-order chi connectivity index (χ1) is 7.80. The van der Waals surface area contributed by atoms with Gasteiger partial charge in [-0.2, -0.15) is 0 Å². The van der Waals surface area contributed by atoms with Crippen molar-refractivity contribution in [3.8, 4) is 0 Å². The summed E-state index contributed by atoms with van der Waals surface area (Å²) in [7, 11) is -0.216. The van der Waals surface area contributed by atoms with E-state index in [2.05, 4.69) is 37.7 Å². The number of hydrogen-bond donors (Lipinski definition) is 0. The van der Waals surface area contributed by atoms with Crippen LogP contribution in [0.1, 0.15) is 39.1 Å². The minimum Gasteiger partial charge on any atom is -0.403 e. The molecule has 0 atom stereocenters. The van der Waals surface area contributed by atoms with Gasteiger partial charge < -0.3 is 9.31 Å². The minimum absolute atomic E-state index is 0.216. The van der Waals surface area contributed by atoms with E-state index in [0.717, 1.165) is 11.4 Å². The lowest BCUT2D eigenvalue weighted by molar-refractivity contribution is 0.00578. The normalized spacial score (nSPS) is 21.8. The summed E-state index contributed by atoms with van der Waals surface area (Å²) in [6.45, 7) is 10.1. The Bertz CT molecular complexity index is 387. The van der Waals surface area contributed by atoms with Crippen LogP contribution in [-0.2, 0) is 15.6 Å². The lowest BCUT2D eigenvalue weighted by atomic mass is 9.82. The van der Waals surface area contributed by atoms with Gasteiger partial charge in [-0.1, -0.05) is 0 Å². The molecule has 1 aliphatic rings. The van der Waals surface area contributed by atoms with Gasteiger partial charge >= 0.3 is 7.12 Å². The molecule has 2 heterocycles. The molecule has 1 aromatic heterocycles. The van der Waals surface area contributed by atoms with Crippen molar-refractivity contribution in [2.45, 2.75) is 52.1 Å². The Balaban J connectivity index is 2.05. The molecular weight excluding hydrogens is 215 g/mol. The third kappa shape index (κ3) is 2.50. The molecule has 0 spiro atoms. The maximum Gasteiger partial charge on any atom is 0.462 e. The Morgan fingerprint density at radius 2 is 1.53 bits per heavy atom. The number of aryl methyl sites for hydroxylation is 1. The predicted octanol–water partition coefficient (Wildman–Crippen LogP) is 1.96. The molecule has 0 aliphatic carbocycles. The van der Waals surface area contributed by atoms with Gasteiger partial charge in [-0.25, -0.2) is 9.97 Å². The molecule has 2 rings (SSSR count). The van der Waals surface area contributed by atoms with Crippen LogP contribution >= 0.6 is 0 Å². The van der Waals surface area contributed by atoms with E-state index in [9.17, 15) is 0 Å². The van der Waals surface area contributed by atoms with Crippen LogP contribution in [-0.4, -0.2) is 28.3 Å². The molecule has 4 nitrogen and oxygen atoms in total. The first-order valence-corrected chi connectivity index (χ1v) is 5.93. The summed E-state index contributed by atoms with van der Waals surface area (Å²) in [4.78, 5) is 8.34. The Morgan fingerprint density at radius 1 is 1.06 bits per heavy atom. The second-order valence-corrected chi connectivity index (χ2v) is 5.53. The van der Waals surface area contributed by atoms with Crippen molar-refractivity contribution >= 4 is 7.12 Å². The largest absolute Gasteiger partial charge is 0.462 e. The fraction of sp³-hybridized carbons (Fsp3) is 0.667. The Hall–Kier alpha value is -0.935. The zero-order valence-corrected chi connectivity index (χ0v) is 11.2. The Morgan fingerprint density at radius 3 is 2.00 bits per heavy atom. The third-order valence-electron chi connectivity index (χ3n) is 3.54. The van der Waals surface area contributed by atoms with Crippen LogP contribution in [0.4, 0.5) is 0 Å². The standard InChI is InChI=1S/C12H19BN2O2/c1-9-14-7-10(8-15-9)6-13-16-11(2,3)12(4,5)17-13/h7-8H,6H2,1-5H3. The van der Waals surface area contributed by atoms with Gasteiger partial charge in [-0.3, -0.25) is 0 Å². The van der Waals surface area contributed by atoms with Crippen molar-refractivity contribution in [2.24, 2.45) is 0 Å². The highest BCUT2D eigenvalue weighted by atomic mass is 16.7. The van der Waals surface area contributed by atoms with Crippen molar-refractivity contribution < 1.29 is 9.31 Å². The van der Waals surface area contributed by atoms with E-state index < -0.39 is 0 Å². The predicted molar refractivity (Wildman–Crippen MR) is 66.6 cm³/mol. The molecule has 1 aliphatic heterocycles. The number of hydrogen-bond acceptors (Lipinski definition) is 4. The highest BCUT2D eigenvalue weighted by molar-refractivity contribution is 6.44. The van der Waals surface area contributed by atoms with E-state index in [4.69, 9.17) is 9.31 Å². The van der Waals surface area contributed by atoms with Crippen molar-refractivity contribution in [3.63, 3.8) is 0 Å². The Labute approximate surface area is 103 Å². The van der Waals surface area contributed by atoms with Crippen LogP contribution in [0.3, 0.4) is 0 Å². The topological polar surface area (TPSA) is 44.2 Å². The van der Waals surface area contributed by atoms with Crippen LogP contribution in [0.2, 0.25) is 0 Å². The van der Waals surface area contributed by atoms with E-state index in [1.54, 1.807) is 0 Å². The van der Waals surface area contributed by atoms with E-state index in [0.29, 0.717) is 6.32 Å². The zero-order valence-electron chi connectivity index (χ0n) is 11.2. The quantitative estimate of drug-likeness (QED) is 0.733. The summed E-state index contributed by atoms with van der Waals surface area (Å²) in [5, 5.41) is 0. The SMILES string of the molecule is Cc1ncc(CB2OC(C)(C)C(C)(C)O2)cn1. The van der Waals surface area contributed by atoms with Crippen LogP contribution < -0.4 is 0 Å². The third-order valence-corrected chi connectivity index (χ3v) is 3.54. The van der Waals surface area contributed by atoms with E-state index in [1.165, 1.54) is 0 Å². The Kier molecular flexibility index (Phi) is 3.00.